The molecule has 1 atom stereocenters. The summed E-state index contributed by atoms with van der Waals surface area (Å²) in [5, 5.41) is 9.43. The van der Waals surface area contributed by atoms with E-state index in [0.29, 0.717) is 0 Å². The molecule has 2 saturated heterocycles. The predicted molar refractivity (Wildman–Crippen MR) is 90.9 cm³/mol. The number of aromatic nitrogens is 4. The highest BCUT2D eigenvalue weighted by Gasteiger charge is 2.44. The molecule has 1 N–H and O–H groups in total. The highest BCUT2D eigenvalue weighted by Crippen LogP contribution is 2.40. The van der Waals surface area contributed by atoms with Crippen LogP contribution in [0.2, 0.25) is 0 Å². The Hall–Kier alpha value is -1.99. The minimum absolute atomic E-state index is 0.280. The summed E-state index contributed by atoms with van der Waals surface area (Å²) in [7, 11) is 0. The van der Waals surface area contributed by atoms with Crippen molar-refractivity contribution in [3.8, 4) is 11.3 Å². The van der Waals surface area contributed by atoms with Crippen LogP contribution in [0.3, 0.4) is 0 Å². The quantitative estimate of drug-likeness (QED) is 0.782. The molecule has 0 aliphatic carbocycles. The highest BCUT2D eigenvalue weighted by molar-refractivity contribution is 7.20. The normalized spacial score (nSPS) is 24.3. The minimum atomic E-state index is 0.280. The molecule has 1 unspecified atom stereocenters. The molecule has 2 fully saturated rings. The molecule has 118 valence electrons. The number of nitrogens with one attached hydrogen (secondary N) is 1. The van der Waals surface area contributed by atoms with Crippen LogP contribution in [-0.4, -0.2) is 44.8 Å². The third kappa shape index (κ3) is 2.07. The first kappa shape index (κ1) is 13.4. The van der Waals surface area contributed by atoms with Gasteiger partial charge in [0, 0.05) is 31.0 Å². The van der Waals surface area contributed by atoms with Crippen LogP contribution in [0.25, 0.3) is 16.2 Å². The van der Waals surface area contributed by atoms with Gasteiger partial charge in [0.1, 0.15) is 0 Å². The van der Waals surface area contributed by atoms with Gasteiger partial charge in [0.15, 0.2) is 0 Å². The number of imidazole rings is 1. The summed E-state index contributed by atoms with van der Waals surface area (Å²) in [5.41, 5.74) is 2.24. The molecule has 0 aromatic carbocycles. The summed E-state index contributed by atoms with van der Waals surface area (Å²) in [6.45, 7) is 3.30. The largest absolute Gasteiger partial charge is 0.340 e. The van der Waals surface area contributed by atoms with Gasteiger partial charge in [0.05, 0.1) is 17.4 Å². The van der Waals surface area contributed by atoms with Crippen molar-refractivity contribution in [1.29, 1.82) is 0 Å². The van der Waals surface area contributed by atoms with Crippen molar-refractivity contribution < 1.29 is 0 Å². The molecule has 2 aliphatic heterocycles. The molecular formula is C16H18N6S. The fourth-order valence-corrected chi connectivity index (χ4v) is 4.88. The van der Waals surface area contributed by atoms with Crippen molar-refractivity contribution in [1.82, 2.24) is 24.9 Å². The molecule has 0 amide bonds. The number of rotatable bonds is 2. The van der Waals surface area contributed by atoms with Crippen molar-refractivity contribution in [2.24, 2.45) is 0 Å². The Bertz CT molecular complexity index is 796. The Labute approximate surface area is 138 Å². The zero-order valence-electron chi connectivity index (χ0n) is 12.8. The molecule has 6 nitrogen and oxygen atoms in total. The van der Waals surface area contributed by atoms with Crippen molar-refractivity contribution in [3.63, 3.8) is 0 Å². The van der Waals surface area contributed by atoms with Crippen LogP contribution in [0.1, 0.15) is 19.3 Å². The number of anilines is 1. The summed E-state index contributed by atoms with van der Waals surface area (Å²) in [4.78, 5) is 12.4. The number of pyridine rings is 1. The molecule has 5 heterocycles. The second-order valence-corrected chi connectivity index (χ2v) is 7.32. The van der Waals surface area contributed by atoms with Crippen LogP contribution >= 0.6 is 11.3 Å². The van der Waals surface area contributed by atoms with Gasteiger partial charge in [-0.15, -0.1) is 5.10 Å². The zero-order chi connectivity index (χ0) is 15.3. The summed E-state index contributed by atoms with van der Waals surface area (Å²) in [6, 6.07) is 3.96. The maximum Gasteiger partial charge on any atom is 0.214 e. The number of nitrogens with zero attached hydrogens (tertiary/aromatic N) is 5. The fraction of sp³-hybridized carbons (Fsp3) is 0.438. The van der Waals surface area contributed by atoms with E-state index in [1.54, 1.807) is 17.5 Å². The molecule has 1 spiro atoms. The Morgan fingerprint density at radius 3 is 3.09 bits per heavy atom. The van der Waals surface area contributed by atoms with Crippen LogP contribution in [0.4, 0.5) is 5.13 Å². The summed E-state index contributed by atoms with van der Waals surface area (Å²) < 4.78 is 1.91. The smallest absolute Gasteiger partial charge is 0.214 e. The van der Waals surface area contributed by atoms with E-state index in [2.05, 4.69) is 15.2 Å². The van der Waals surface area contributed by atoms with Crippen LogP contribution in [0.5, 0.6) is 0 Å². The first-order valence-electron chi connectivity index (χ1n) is 8.09. The van der Waals surface area contributed by atoms with E-state index in [0.717, 1.165) is 41.0 Å². The Kier molecular flexibility index (Phi) is 2.93. The average Bonchev–Trinajstić information content (AvgIpc) is 3.33. The van der Waals surface area contributed by atoms with E-state index in [4.69, 9.17) is 10.1 Å². The van der Waals surface area contributed by atoms with E-state index in [9.17, 15) is 0 Å². The van der Waals surface area contributed by atoms with Gasteiger partial charge in [-0.2, -0.15) is 0 Å². The molecule has 5 rings (SSSR count). The van der Waals surface area contributed by atoms with Gasteiger partial charge in [0.2, 0.25) is 10.1 Å². The van der Waals surface area contributed by atoms with E-state index < -0.39 is 0 Å². The predicted octanol–water partition coefficient (Wildman–Crippen LogP) is 2.19. The first-order chi connectivity index (χ1) is 11.3. The maximum absolute atomic E-state index is 4.81. The van der Waals surface area contributed by atoms with Gasteiger partial charge in [-0.05, 0) is 37.9 Å². The minimum Gasteiger partial charge on any atom is -0.340 e. The molecule has 0 saturated carbocycles. The van der Waals surface area contributed by atoms with Crippen LogP contribution in [0, 0.1) is 0 Å². The second-order valence-electron chi connectivity index (χ2n) is 6.39. The van der Waals surface area contributed by atoms with E-state index in [1.165, 1.54) is 19.3 Å². The van der Waals surface area contributed by atoms with Gasteiger partial charge >= 0.3 is 0 Å². The van der Waals surface area contributed by atoms with Crippen molar-refractivity contribution in [2.75, 3.05) is 24.5 Å². The Balaban J connectivity index is 1.51. The summed E-state index contributed by atoms with van der Waals surface area (Å²) in [5.74, 6) is 0. The number of hydrogen-bond acceptors (Lipinski definition) is 6. The van der Waals surface area contributed by atoms with Gasteiger partial charge in [-0.1, -0.05) is 11.3 Å². The van der Waals surface area contributed by atoms with E-state index >= 15 is 0 Å². The first-order valence-corrected chi connectivity index (χ1v) is 8.91. The van der Waals surface area contributed by atoms with Gasteiger partial charge in [0.25, 0.3) is 0 Å². The third-order valence-electron chi connectivity index (χ3n) is 5.04. The average molecular weight is 326 g/mol. The van der Waals surface area contributed by atoms with E-state index in [-0.39, 0.29) is 5.54 Å². The van der Waals surface area contributed by atoms with Crippen molar-refractivity contribution in [2.45, 2.75) is 24.8 Å². The molecule has 0 radical (unpaired) electrons. The van der Waals surface area contributed by atoms with Crippen LogP contribution < -0.4 is 10.2 Å². The van der Waals surface area contributed by atoms with Crippen molar-refractivity contribution >= 4 is 21.4 Å². The Morgan fingerprint density at radius 1 is 1.30 bits per heavy atom. The molecule has 3 aromatic heterocycles. The monoisotopic (exact) mass is 326 g/mol. The van der Waals surface area contributed by atoms with E-state index in [1.807, 2.05) is 29.0 Å². The molecule has 3 aromatic rings. The standard InChI is InChI=1S/C16H18N6S/c1-3-12(9-17-6-1)13-10-22-14(19-13)23-15(20-22)21-8-2-4-16(21)5-7-18-11-16/h1,3,6,9-10,18H,2,4-5,7-8,11H2. The van der Waals surface area contributed by atoms with Gasteiger partial charge in [-0.25, -0.2) is 9.50 Å². The Morgan fingerprint density at radius 2 is 2.30 bits per heavy atom. The molecular weight excluding hydrogens is 308 g/mol. The number of hydrogen-bond donors (Lipinski definition) is 1. The number of fused-ring (bicyclic) bond motifs is 1. The highest BCUT2D eigenvalue weighted by atomic mass is 32.1. The summed E-state index contributed by atoms with van der Waals surface area (Å²) in [6.07, 6.45) is 9.36. The molecule has 2 aliphatic rings. The van der Waals surface area contributed by atoms with Crippen molar-refractivity contribution in [3.05, 3.63) is 30.7 Å². The second kappa shape index (κ2) is 5.01. The van der Waals surface area contributed by atoms with Crippen LogP contribution in [0.15, 0.2) is 30.7 Å². The lowest BCUT2D eigenvalue weighted by Crippen LogP contribution is -2.45. The van der Waals surface area contributed by atoms with Gasteiger partial charge in [-0.3, -0.25) is 4.98 Å². The zero-order valence-corrected chi connectivity index (χ0v) is 13.6. The van der Waals surface area contributed by atoms with Crippen LogP contribution in [-0.2, 0) is 0 Å². The maximum atomic E-state index is 4.81. The molecule has 23 heavy (non-hydrogen) atoms. The van der Waals surface area contributed by atoms with Gasteiger partial charge < -0.3 is 10.2 Å². The lowest BCUT2D eigenvalue weighted by Gasteiger charge is -2.33. The lowest BCUT2D eigenvalue weighted by atomic mass is 9.96. The topological polar surface area (TPSA) is 58.4 Å². The summed E-state index contributed by atoms with van der Waals surface area (Å²) >= 11 is 1.69. The SMILES string of the molecule is c1cncc(-c2cn3nc(N4CCCC45CCNC5)sc3n2)c1. The third-order valence-corrected chi connectivity index (χ3v) is 5.98. The fourth-order valence-electron chi connectivity index (χ4n) is 3.86. The molecule has 0 bridgehead atoms. The molecule has 7 heteroatoms. The lowest BCUT2D eigenvalue weighted by molar-refractivity contribution is 0.465.